The molecule has 0 saturated carbocycles. The SMILES string of the molecule is CC(CCC(C(=O)O)C(=O)O)C(=O)O. The lowest BCUT2D eigenvalue weighted by Crippen LogP contribution is -2.24. The van der Waals surface area contributed by atoms with Gasteiger partial charge in [0, 0.05) is 0 Å². The number of hydrogen-bond donors (Lipinski definition) is 3. The third-order valence-corrected chi connectivity index (χ3v) is 1.91. The van der Waals surface area contributed by atoms with Crippen LogP contribution in [0.25, 0.3) is 0 Å². The Hall–Kier alpha value is -1.59. The molecule has 0 heterocycles. The van der Waals surface area contributed by atoms with Gasteiger partial charge in [0.1, 0.15) is 0 Å². The van der Waals surface area contributed by atoms with E-state index in [1.54, 1.807) is 0 Å². The number of hydrogen-bond acceptors (Lipinski definition) is 3. The summed E-state index contributed by atoms with van der Waals surface area (Å²) in [6.45, 7) is 1.41. The van der Waals surface area contributed by atoms with Crippen LogP contribution in [0.15, 0.2) is 0 Å². The quantitative estimate of drug-likeness (QED) is 0.535. The Kier molecular flexibility index (Phi) is 4.62. The molecule has 0 radical (unpaired) electrons. The van der Waals surface area contributed by atoms with E-state index in [0.717, 1.165) is 0 Å². The summed E-state index contributed by atoms with van der Waals surface area (Å²) < 4.78 is 0. The average molecular weight is 204 g/mol. The minimum absolute atomic E-state index is 0.0403. The zero-order valence-electron chi connectivity index (χ0n) is 7.64. The van der Waals surface area contributed by atoms with Crippen LogP contribution >= 0.6 is 0 Å². The highest BCUT2D eigenvalue weighted by atomic mass is 16.4. The van der Waals surface area contributed by atoms with Crippen molar-refractivity contribution in [1.29, 1.82) is 0 Å². The van der Waals surface area contributed by atoms with Gasteiger partial charge < -0.3 is 15.3 Å². The normalized spacial score (nSPS) is 12.4. The van der Waals surface area contributed by atoms with Crippen molar-refractivity contribution in [3.8, 4) is 0 Å². The molecule has 3 N–H and O–H groups in total. The first-order valence-electron chi connectivity index (χ1n) is 4.04. The van der Waals surface area contributed by atoms with E-state index in [9.17, 15) is 14.4 Å². The lowest BCUT2D eigenvalue weighted by molar-refractivity contribution is -0.155. The Labute approximate surface area is 80.2 Å². The van der Waals surface area contributed by atoms with Gasteiger partial charge in [-0.05, 0) is 12.8 Å². The van der Waals surface area contributed by atoms with E-state index in [4.69, 9.17) is 15.3 Å². The van der Waals surface area contributed by atoms with Crippen LogP contribution < -0.4 is 0 Å². The molecule has 0 amide bonds. The summed E-state index contributed by atoms with van der Waals surface area (Å²) in [7, 11) is 0. The van der Waals surface area contributed by atoms with Crippen LogP contribution in [0, 0.1) is 11.8 Å². The van der Waals surface area contributed by atoms with E-state index >= 15 is 0 Å². The van der Waals surface area contributed by atoms with Crippen molar-refractivity contribution in [2.75, 3.05) is 0 Å². The largest absolute Gasteiger partial charge is 0.481 e. The molecule has 0 aromatic rings. The highest BCUT2D eigenvalue weighted by molar-refractivity contribution is 5.92. The smallest absolute Gasteiger partial charge is 0.317 e. The van der Waals surface area contributed by atoms with Gasteiger partial charge in [-0.25, -0.2) is 0 Å². The molecule has 0 bridgehead atoms. The van der Waals surface area contributed by atoms with Gasteiger partial charge in [-0.2, -0.15) is 0 Å². The van der Waals surface area contributed by atoms with Crippen molar-refractivity contribution < 1.29 is 29.7 Å². The summed E-state index contributed by atoms with van der Waals surface area (Å²) in [5.41, 5.74) is 0. The van der Waals surface area contributed by atoms with Crippen LogP contribution in [0.4, 0.5) is 0 Å². The third kappa shape index (κ3) is 3.88. The van der Waals surface area contributed by atoms with Crippen LogP contribution in [0.2, 0.25) is 0 Å². The summed E-state index contributed by atoms with van der Waals surface area (Å²) in [6, 6.07) is 0. The van der Waals surface area contributed by atoms with E-state index in [0.29, 0.717) is 0 Å². The molecule has 0 aromatic carbocycles. The maximum absolute atomic E-state index is 10.4. The lowest BCUT2D eigenvalue weighted by Gasteiger charge is -2.09. The maximum Gasteiger partial charge on any atom is 0.317 e. The van der Waals surface area contributed by atoms with Gasteiger partial charge in [0.2, 0.25) is 0 Å². The second-order valence-corrected chi connectivity index (χ2v) is 3.05. The Morgan fingerprint density at radius 3 is 1.64 bits per heavy atom. The molecule has 6 nitrogen and oxygen atoms in total. The molecule has 0 saturated heterocycles. The number of carboxylic acid groups (broad SMARTS) is 3. The number of carbonyl (C=O) groups is 3. The number of aliphatic carboxylic acids is 3. The van der Waals surface area contributed by atoms with Gasteiger partial charge in [-0.1, -0.05) is 6.92 Å². The monoisotopic (exact) mass is 204 g/mol. The van der Waals surface area contributed by atoms with Crippen LogP contribution in [0.5, 0.6) is 0 Å². The van der Waals surface area contributed by atoms with Crippen LogP contribution in [-0.4, -0.2) is 33.2 Å². The minimum atomic E-state index is -1.52. The predicted molar refractivity (Wildman–Crippen MR) is 44.8 cm³/mol. The summed E-state index contributed by atoms with van der Waals surface area (Å²) >= 11 is 0. The Balaban J connectivity index is 4.14. The fraction of sp³-hybridized carbons (Fsp3) is 0.625. The fourth-order valence-corrected chi connectivity index (χ4v) is 0.893. The molecule has 0 aromatic heterocycles. The average Bonchev–Trinajstić information content (AvgIpc) is 2.02. The fourth-order valence-electron chi connectivity index (χ4n) is 0.893. The highest BCUT2D eigenvalue weighted by Gasteiger charge is 2.26. The molecule has 14 heavy (non-hydrogen) atoms. The molecule has 0 aliphatic rings. The van der Waals surface area contributed by atoms with Gasteiger partial charge in [0.25, 0.3) is 0 Å². The van der Waals surface area contributed by atoms with E-state index in [2.05, 4.69) is 0 Å². The Bertz CT molecular complexity index is 232. The Morgan fingerprint density at radius 2 is 1.36 bits per heavy atom. The first-order chi connectivity index (χ1) is 6.36. The van der Waals surface area contributed by atoms with Gasteiger partial charge in [0.05, 0.1) is 5.92 Å². The second kappa shape index (κ2) is 5.21. The van der Waals surface area contributed by atoms with E-state index in [1.165, 1.54) is 6.92 Å². The number of carboxylic acids is 3. The van der Waals surface area contributed by atoms with Crippen molar-refractivity contribution in [3.05, 3.63) is 0 Å². The molecular weight excluding hydrogens is 192 g/mol. The standard InChI is InChI=1S/C8H12O6/c1-4(6(9)10)2-3-5(7(11)12)8(13)14/h4-5H,2-3H2,1H3,(H,9,10)(H,11,12)(H,13,14). The van der Waals surface area contributed by atoms with Gasteiger partial charge in [-0.15, -0.1) is 0 Å². The first kappa shape index (κ1) is 12.4. The molecule has 0 aliphatic carbocycles. The van der Waals surface area contributed by atoms with E-state index in [1.807, 2.05) is 0 Å². The van der Waals surface area contributed by atoms with Gasteiger partial charge in [0.15, 0.2) is 5.92 Å². The first-order valence-corrected chi connectivity index (χ1v) is 4.04. The van der Waals surface area contributed by atoms with Crippen molar-refractivity contribution in [2.24, 2.45) is 11.8 Å². The highest BCUT2D eigenvalue weighted by Crippen LogP contribution is 2.13. The Morgan fingerprint density at radius 1 is 0.929 bits per heavy atom. The molecule has 0 rings (SSSR count). The summed E-state index contributed by atoms with van der Waals surface area (Å²) in [6.07, 6.45) is -0.128. The topological polar surface area (TPSA) is 112 Å². The molecule has 1 unspecified atom stereocenters. The molecule has 0 fully saturated rings. The molecule has 80 valence electrons. The molecule has 0 aliphatic heterocycles. The molecule has 1 atom stereocenters. The van der Waals surface area contributed by atoms with Crippen LogP contribution in [0.3, 0.4) is 0 Å². The van der Waals surface area contributed by atoms with Crippen molar-refractivity contribution >= 4 is 17.9 Å². The molecule has 6 heteroatoms. The van der Waals surface area contributed by atoms with Crippen molar-refractivity contribution in [2.45, 2.75) is 19.8 Å². The summed E-state index contributed by atoms with van der Waals surface area (Å²) in [5.74, 6) is -6.17. The molecule has 0 spiro atoms. The predicted octanol–water partition coefficient (Wildman–Crippen LogP) is 0.273. The van der Waals surface area contributed by atoms with E-state index < -0.39 is 29.7 Å². The summed E-state index contributed by atoms with van der Waals surface area (Å²) in [4.78, 5) is 31.1. The third-order valence-electron chi connectivity index (χ3n) is 1.91. The van der Waals surface area contributed by atoms with Gasteiger partial charge >= 0.3 is 17.9 Å². The lowest BCUT2D eigenvalue weighted by atomic mass is 9.97. The van der Waals surface area contributed by atoms with Gasteiger partial charge in [-0.3, -0.25) is 14.4 Å². The summed E-state index contributed by atoms with van der Waals surface area (Å²) in [5, 5.41) is 25.4. The van der Waals surface area contributed by atoms with Crippen molar-refractivity contribution in [3.63, 3.8) is 0 Å². The zero-order chi connectivity index (χ0) is 11.3. The van der Waals surface area contributed by atoms with Crippen LogP contribution in [0.1, 0.15) is 19.8 Å². The van der Waals surface area contributed by atoms with Crippen LogP contribution in [-0.2, 0) is 14.4 Å². The van der Waals surface area contributed by atoms with E-state index in [-0.39, 0.29) is 12.8 Å². The maximum atomic E-state index is 10.4. The van der Waals surface area contributed by atoms with Crippen molar-refractivity contribution in [1.82, 2.24) is 0 Å². The minimum Gasteiger partial charge on any atom is -0.481 e. The molecular formula is C8H12O6. The zero-order valence-corrected chi connectivity index (χ0v) is 7.64. The second-order valence-electron chi connectivity index (χ2n) is 3.05. The number of rotatable bonds is 6.